The van der Waals surface area contributed by atoms with Crippen LogP contribution in [0.5, 0.6) is 5.75 Å². The number of anilines is 1. The maximum absolute atomic E-state index is 13.1. The summed E-state index contributed by atoms with van der Waals surface area (Å²) < 4.78 is 15.6. The number of likely N-dealkylation sites (tertiary alicyclic amines) is 1. The molecule has 2 aromatic rings. The van der Waals surface area contributed by atoms with Crippen molar-refractivity contribution in [1.82, 2.24) is 9.88 Å². The maximum Gasteiger partial charge on any atom is 0.356 e. The Balaban J connectivity index is 1.77. The molecule has 1 aromatic carbocycles. The highest BCUT2D eigenvalue weighted by Gasteiger charge is 2.31. The number of hydrogen-bond acceptors (Lipinski definition) is 7. The van der Waals surface area contributed by atoms with Crippen molar-refractivity contribution in [2.45, 2.75) is 39.7 Å². The first-order valence-electron chi connectivity index (χ1n) is 11.0. The molecule has 9 nitrogen and oxygen atoms in total. The third-order valence-corrected chi connectivity index (χ3v) is 5.81. The molecular formula is C23H31N3O6. The lowest BCUT2D eigenvalue weighted by Crippen LogP contribution is -2.47. The van der Waals surface area contributed by atoms with E-state index in [2.05, 4.69) is 10.3 Å². The molecule has 1 amide bonds. The van der Waals surface area contributed by atoms with Crippen LogP contribution < -0.4 is 10.1 Å². The van der Waals surface area contributed by atoms with Crippen LogP contribution in [0, 0.1) is 5.92 Å². The molecule has 1 aromatic heterocycles. The minimum absolute atomic E-state index is 0.127. The molecule has 3 rings (SSSR count). The number of esters is 2. The molecule has 1 aliphatic rings. The van der Waals surface area contributed by atoms with Gasteiger partial charge in [-0.2, -0.15) is 0 Å². The monoisotopic (exact) mass is 445 g/mol. The largest absolute Gasteiger partial charge is 0.497 e. The Morgan fingerprint density at radius 3 is 2.47 bits per heavy atom. The van der Waals surface area contributed by atoms with Gasteiger partial charge in [0.25, 0.3) is 0 Å². The quantitative estimate of drug-likeness (QED) is 0.601. The first-order chi connectivity index (χ1) is 15.4. The summed E-state index contributed by atoms with van der Waals surface area (Å²) in [5.41, 5.74) is 1.25. The Morgan fingerprint density at radius 1 is 1.16 bits per heavy atom. The Labute approximate surface area is 187 Å². The summed E-state index contributed by atoms with van der Waals surface area (Å²) in [6.45, 7) is 7.16. The molecule has 1 fully saturated rings. The SMILES string of the molecule is CCOC(=O)c1[nH]c2ccc(OC)cc2c1NC(=O)[C@@H](C)N1CCC(C(=O)OCC)CC1. The van der Waals surface area contributed by atoms with Gasteiger partial charge in [0.1, 0.15) is 11.4 Å². The summed E-state index contributed by atoms with van der Waals surface area (Å²) in [5, 5.41) is 3.58. The summed E-state index contributed by atoms with van der Waals surface area (Å²) in [6, 6.07) is 4.88. The molecule has 0 aliphatic carbocycles. The highest BCUT2D eigenvalue weighted by molar-refractivity contribution is 6.12. The average molecular weight is 446 g/mol. The number of rotatable bonds is 8. The zero-order valence-electron chi connectivity index (χ0n) is 19.0. The fourth-order valence-corrected chi connectivity index (χ4v) is 3.96. The second-order valence-corrected chi connectivity index (χ2v) is 7.73. The number of hydrogen-bond donors (Lipinski definition) is 2. The van der Waals surface area contributed by atoms with Crippen LogP contribution in [-0.2, 0) is 19.1 Å². The third kappa shape index (κ3) is 5.04. The molecule has 32 heavy (non-hydrogen) atoms. The lowest BCUT2D eigenvalue weighted by atomic mass is 9.96. The van der Waals surface area contributed by atoms with E-state index in [1.54, 1.807) is 39.2 Å². The van der Waals surface area contributed by atoms with Gasteiger partial charge in [-0.05, 0) is 64.9 Å². The number of benzene rings is 1. The molecular weight excluding hydrogens is 414 g/mol. The van der Waals surface area contributed by atoms with Gasteiger partial charge in [0.05, 0.1) is 38.0 Å². The Bertz CT molecular complexity index is 978. The number of piperidine rings is 1. The number of ether oxygens (including phenoxy) is 3. The van der Waals surface area contributed by atoms with Crippen molar-refractivity contribution in [2.24, 2.45) is 5.92 Å². The summed E-state index contributed by atoms with van der Waals surface area (Å²) in [5.74, 6) is -0.472. The van der Waals surface area contributed by atoms with E-state index in [4.69, 9.17) is 14.2 Å². The Kier molecular flexibility index (Phi) is 7.74. The average Bonchev–Trinajstić information content (AvgIpc) is 3.16. The topological polar surface area (TPSA) is 110 Å². The van der Waals surface area contributed by atoms with Gasteiger partial charge in [-0.15, -0.1) is 0 Å². The first-order valence-corrected chi connectivity index (χ1v) is 11.0. The molecule has 0 radical (unpaired) electrons. The molecule has 0 spiro atoms. The van der Waals surface area contributed by atoms with Crippen molar-refractivity contribution < 1.29 is 28.6 Å². The van der Waals surface area contributed by atoms with Gasteiger partial charge in [0, 0.05) is 10.9 Å². The van der Waals surface area contributed by atoms with Gasteiger partial charge < -0.3 is 24.5 Å². The second-order valence-electron chi connectivity index (χ2n) is 7.73. The van der Waals surface area contributed by atoms with E-state index in [0.29, 0.717) is 54.9 Å². The zero-order valence-corrected chi connectivity index (χ0v) is 19.0. The van der Waals surface area contributed by atoms with E-state index in [0.717, 1.165) is 0 Å². The maximum atomic E-state index is 13.1. The van der Waals surface area contributed by atoms with Crippen LogP contribution in [0.2, 0.25) is 0 Å². The molecule has 0 bridgehead atoms. The van der Waals surface area contributed by atoms with Gasteiger partial charge in [-0.3, -0.25) is 14.5 Å². The number of carbonyl (C=O) groups excluding carboxylic acids is 3. The molecule has 2 heterocycles. The number of nitrogens with one attached hydrogen (secondary N) is 2. The van der Waals surface area contributed by atoms with Gasteiger partial charge >= 0.3 is 11.9 Å². The molecule has 1 saturated heterocycles. The molecule has 174 valence electrons. The lowest BCUT2D eigenvalue weighted by molar-refractivity contribution is -0.149. The summed E-state index contributed by atoms with van der Waals surface area (Å²) in [4.78, 5) is 42.7. The minimum atomic E-state index is -0.541. The first kappa shape index (κ1) is 23.6. The van der Waals surface area contributed by atoms with E-state index in [-0.39, 0.29) is 30.1 Å². The van der Waals surface area contributed by atoms with E-state index in [1.165, 1.54) is 0 Å². The van der Waals surface area contributed by atoms with Crippen LogP contribution in [-0.4, -0.2) is 67.2 Å². The number of aromatic amines is 1. The van der Waals surface area contributed by atoms with Crippen LogP contribution in [0.25, 0.3) is 10.9 Å². The Morgan fingerprint density at radius 2 is 1.84 bits per heavy atom. The van der Waals surface area contributed by atoms with Crippen molar-refractivity contribution >= 4 is 34.4 Å². The summed E-state index contributed by atoms with van der Waals surface area (Å²) >= 11 is 0. The van der Waals surface area contributed by atoms with E-state index < -0.39 is 12.0 Å². The normalized spacial score (nSPS) is 15.9. The number of nitrogens with zero attached hydrogens (tertiary/aromatic N) is 1. The predicted octanol–water partition coefficient (Wildman–Crippen LogP) is 2.96. The lowest BCUT2D eigenvalue weighted by Gasteiger charge is -2.34. The number of carbonyl (C=O) groups is 3. The van der Waals surface area contributed by atoms with Crippen molar-refractivity contribution in [3.8, 4) is 5.75 Å². The highest BCUT2D eigenvalue weighted by Crippen LogP contribution is 2.32. The number of fused-ring (bicyclic) bond motifs is 1. The van der Waals surface area contributed by atoms with Gasteiger partial charge in [-0.25, -0.2) is 4.79 Å². The van der Waals surface area contributed by atoms with Crippen LogP contribution in [0.3, 0.4) is 0 Å². The van der Waals surface area contributed by atoms with Crippen molar-refractivity contribution in [3.05, 3.63) is 23.9 Å². The van der Waals surface area contributed by atoms with Gasteiger partial charge in [-0.1, -0.05) is 0 Å². The standard InChI is InChI=1S/C23H31N3O6/c1-5-31-22(28)15-9-11-26(12-10-15)14(3)21(27)25-19-17-13-16(30-4)7-8-18(17)24-20(19)23(29)32-6-2/h7-8,13-15,24H,5-6,9-12H2,1-4H3,(H,25,27)/t14-/m1/s1. The number of aromatic nitrogens is 1. The highest BCUT2D eigenvalue weighted by atomic mass is 16.5. The molecule has 9 heteroatoms. The molecule has 0 unspecified atom stereocenters. The van der Waals surface area contributed by atoms with Crippen LogP contribution >= 0.6 is 0 Å². The number of amides is 1. The van der Waals surface area contributed by atoms with E-state index in [1.807, 2.05) is 11.8 Å². The van der Waals surface area contributed by atoms with E-state index >= 15 is 0 Å². The predicted molar refractivity (Wildman–Crippen MR) is 120 cm³/mol. The smallest absolute Gasteiger partial charge is 0.356 e. The zero-order chi connectivity index (χ0) is 23.3. The molecule has 1 aliphatic heterocycles. The molecule has 2 N–H and O–H groups in total. The van der Waals surface area contributed by atoms with Gasteiger partial charge in [0.15, 0.2) is 0 Å². The van der Waals surface area contributed by atoms with Crippen LogP contribution in [0.4, 0.5) is 5.69 Å². The van der Waals surface area contributed by atoms with Crippen molar-refractivity contribution in [1.29, 1.82) is 0 Å². The number of methoxy groups -OCH3 is 1. The molecule has 1 atom stereocenters. The second kappa shape index (κ2) is 10.5. The van der Waals surface area contributed by atoms with E-state index in [9.17, 15) is 14.4 Å². The summed E-state index contributed by atoms with van der Waals surface area (Å²) in [6.07, 6.45) is 1.30. The number of H-pyrrole nitrogens is 1. The van der Waals surface area contributed by atoms with Gasteiger partial charge in [0.2, 0.25) is 5.91 Å². The molecule has 0 saturated carbocycles. The van der Waals surface area contributed by atoms with Crippen molar-refractivity contribution in [2.75, 3.05) is 38.7 Å². The minimum Gasteiger partial charge on any atom is -0.497 e. The fourth-order valence-electron chi connectivity index (χ4n) is 3.96. The Hall–Kier alpha value is -3.07. The van der Waals surface area contributed by atoms with Crippen LogP contribution in [0.15, 0.2) is 18.2 Å². The van der Waals surface area contributed by atoms with Crippen LogP contribution in [0.1, 0.15) is 44.1 Å². The van der Waals surface area contributed by atoms with Crippen molar-refractivity contribution in [3.63, 3.8) is 0 Å². The summed E-state index contributed by atoms with van der Waals surface area (Å²) in [7, 11) is 1.56. The fraction of sp³-hybridized carbons (Fsp3) is 0.522. The third-order valence-electron chi connectivity index (χ3n) is 5.81.